The van der Waals surface area contributed by atoms with E-state index in [-0.39, 0.29) is 5.91 Å². The van der Waals surface area contributed by atoms with Crippen molar-refractivity contribution in [1.29, 1.82) is 0 Å². The molecule has 0 saturated carbocycles. The molecule has 1 amide bonds. The zero-order valence-electron chi connectivity index (χ0n) is 13.2. The topological polar surface area (TPSA) is 43.1 Å². The molecule has 3 rings (SSSR count). The molecule has 3 aromatic rings. The highest BCUT2D eigenvalue weighted by molar-refractivity contribution is 5.84. The molecule has 0 unspecified atom stereocenters. The lowest BCUT2D eigenvalue weighted by Gasteiger charge is -2.18. The normalized spacial score (nSPS) is 11.0. The summed E-state index contributed by atoms with van der Waals surface area (Å²) in [6.45, 7) is 2.97. The second-order valence-corrected chi connectivity index (χ2v) is 5.70. The number of likely N-dealkylation sites (N-methyl/N-ethyl adjacent to an activating group) is 1. The van der Waals surface area contributed by atoms with Crippen molar-refractivity contribution >= 4 is 16.8 Å². The van der Waals surface area contributed by atoms with Crippen molar-refractivity contribution in [2.45, 2.75) is 20.0 Å². The van der Waals surface area contributed by atoms with Crippen LogP contribution in [-0.2, 0) is 24.9 Å². The van der Waals surface area contributed by atoms with Gasteiger partial charge >= 0.3 is 0 Å². The summed E-state index contributed by atoms with van der Waals surface area (Å²) in [5.41, 5.74) is 3.24. The maximum atomic E-state index is 12.5. The van der Waals surface area contributed by atoms with Gasteiger partial charge in [0, 0.05) is 43.6 Å². The van der Waals surface area contributed by atoms with Crippen molar-refractivity contribution < 1.29 is 4.79 Å². The van der Waals surface area contributed by atoms with E-state index in [4.69, 9.17) is 0 Å². The van der Waals surface area contributed by atoms with Crippen LogP contribution in [-0.4, -0.2) is 32.2 Å². The number of carbonyl (C=O) groups is 1. The fourth-order valence-electron chi connectivity index (χ4n) is 2.73. The van der Waals surface area contributed by atoms with Gasteiger partial charge in [-0.1, -0.05) is 18.2 Å². The lowest BCUT2D eigenvalue weighted by Crippen LogP contribution is -2.29. The number of fused-ring (bicyclic) bond motifs is 1. The number of aromatic nitrogens is 3. The van der Waals surface area contributed by atoms with E-state index in [2.05, 4.69) is 27.9 Å². The molecule has 5 heteroatoms. The quantitative estimate of drug-likeness (QED) is 0.741. The Morgan fingerprint density at radius 2 is 2.09 bits per heavy atom. The molecule has 0 radical (unpaired) electrons. The maximum Gasteiger partial charge on any atom is 0.242 e. The molecule has 0 aliphatic heterocycles. The molecule has 114 valence electrons. The minimum Gasteiger partial charge on any atom is -0.340 e. The fraction of sp³-hybridized carbons (Fsp3) is 0.294. The van der Waals surface area contributed by atoms with Crippen molar-refractivity contribution in [3.8, 4) is 0 Å². The van der Waals surface area contributed by atoms with E-state index >= 15 is 0 Å². The van der Waals surface area contributed by atoms with Crippen molar-refractivity contribution in [2.75, 3.05) is 7.05 Å². The van der Waals surface area contributed by atoms with Gasteiger partial charge in [-0.15, -0.1) is 0 Å². The van der Waals surface area contributed by atoms with Gasteiger partial charge in [0.05, 0.1) is 6.20 Å². The zero-order chi connectivity index (χ0) is 15.7. The predicted molar refractivity (Wildman–Crippen MR) is 86.4 cm³/mol. The molecular weight excluding hydrogens is 276 g/mol. The van der Waals surface area contributed by atoms with Crippen molar-refractivity contribution in [3.63, 3.8) is 0 Å². The monoisotopic (exact) mass is 296 g/mol. The molecule has 2 aromatic heterocycles. The standard InChI is InChI=1S/C17H20N4O/c1-13-8-15-6-4-5-7-16(15)21(13)12-17(22)19(2)10-14-9-18-20(3)11-14/h4-9,11H,10,12H2,1-3H3. The van der Waals surface area contributed by atoms with Crippen LogP contribution in [0.15, 0.2) is 42.7 Å². The lowest BCUT2D eigenvalue weighted by atomic mass is 10.2. The Hall–Kier alpha value is -2.56. The number of benzene rings is 1. The van der Waals surface area contributed by atoms with Crippen LogP contribution in [0.25, 0.3) is 10.9 Å². The van der Waals surface area contributed by atoms with E-state index < -0.39 is 0 Å². The molecule has 2 heterocycles. The van der Waals surface area contributed by atoms with Gasteiger partial charge < -0.3 is 9.47 Å². The van der Waals surface area contributed by atoms with Gasteiger partial charge in [-0.05, 0) is 24.4 Å². The number of para-hydroxylation sites is 1. The minimum absolute atomic E-state index is 0.0910. The molecule has 0 aliphatic rings. The highest BCUT2D eigenvalue weighted by Crippen LogP contribution is 2.19. The number of rotatable bonds is 4. The third-order valence-corrected chi connectivity index (χ3v) is 3.91. The smallest absolute Gasteiger partial charge is 0.242 e. The summed E-state index contributed by atoms with van der Waals surface area (Å²) < 4.78 is 3.81. The van der Waals surface area contributed by atoms with Crippen LogP contribution in [0.5, 0.6) is 0 Å². The Morgan fingerprint density at radius 3 is 2.82 bits per heavy atom. The Balaban J connectivity index is 1.76. The average molecular weight is 296 g/mol. The maximum absolute atomic E-state index is 12.5. The Morgan fingerprint density at radius 1 is 1.32 bits per heavy atom. The summed E-state index contributed by atoms with van der Waals surface area (Å²) in [5, 5.41) is 5.30. The zero-order valence-corrected chi connectivity index (χ0v) is 13.2. The van der Waals surface area contributed by atoms with Crippen LogP contribution in [0.1, 0.15) is 11.3 Å². The lowest BCUT2D eigenvalue weighted by molar-refractivity contribution is -0.131. The third kappa shape index (κ3) is 2.74. The van der Waals surface area contributed by atoms with Crippen LogP contribution >= 0.6 is 0 Å². The predicted octanol–water partition coefficient (Wildman–Crippen LogP) is 2.34. The molecule has 0 atom stereocenters. The molecule has 1 aromatic carbocycles. The van der Waals surface area contributed by atoms with Crippen LogP contribution in [0.4, 0.5) is 0 Å². The van der Waals surface area contributed by atoms with E-state index in [0.717, 1.165) is 16.8 Å². The first kappa shape index (κ1) is 14.4. The summed E-state index contributed by atoms with van der Waals surface area (Å²) in [6.07, 6.45) is 3.72. The van der Waals surface area contributed by atoms with Gasteiger partial charge in [0.2, 0.25) is 5.91 Å². The largest absolute Gasteiger partial charge is 0.340 e. The van der Waals surface area contributed by atoms with Crippen LogP contribution < -0.4 is 0 Å². The molecule has 0 fully saturated rings. The number of hydrogen-bond acceptors (Lipinski definition) is 2. The number of amides is 1. The first-order valence-electron chi connectivity index (χ1n) is 7.31. The first-order valence-corrected chi connectivity index (χ1v) is 7.31. The number of hydrogen-bond donors (Lipinski definition) is 0. The molecule has 0 bridgehead atoms. The van der Waals surface area contributed by atoms with E-state index in [1.807, 2.05) is 39.3 Å². The number of carbonyl (C=O) groups excluding carboxylic acids is 1. The molecule has 0 saturated heterocycles. The van der Waals surface area contributed by atoms with E-state index in [0.29, 0.717) is 13.1 Å². The molecule has 5 nitrogen and oxygen atoms in total. The fourth-order valence-corrected chi connectivity index (χ4v) is 2.73. The number of nitrogens with zero attached hydrogens (tertiary/aromatic N) is 4. The SMILES string of the molecule is Cc1cc2ccccc2n1CC(=O)N(C)Cc1cnn(C)c1. The molecule has 0 N–H and O–H groups in total. The summed E-state index contributed by atoms with van der Waals surface area (Å²) in [6, 6.07) is 10.3. The van der Waals surface area contributed by atoms with Crippen molar-refractivity contribution in [3.05, 3.63) is 54.0 Å². The Labute approximate surface area is 129 Å². The second-order valence-electron chi connectivity index (χ2n) is 5.70. The summed E-state index contributed by atoms with van der Waals surface area (Å²) in [7, 11) is 3.71. The third-order valence-electron chi connectivity index (χ3n) is 3.91. The van der Waals surface area contributed by atoms with Crippen LogP contribution in [0.3, 0.4) is 0 Å². The average Bonchev–Trinajstić information content (AvgIpc) is 3.03. The Bertz CT molecular complexity index is 815. The van der Waals surface area contributed by atoms with E-state index in [1.54, 1.807) is 15.8 Å². The second kappa shape index (κ2) is 5.67. The minimum atomic E-state index is 0.0910. The highest BCUT2D eigenvalue weighted by Gasteiger charge is 2.14. The summed E-state index contributed by atoms with van der Waals surface area (Å²) >= 11 is 0. The molecule has 0 aliphatic carbocycles. The van der Waals surface area contributed by atoms with Gasteiger partial charge in [-0.3, -0.25) is 9.48 Å². The number of aryl methyl sites for hydroxylation is 2. The molecule has 22 heavy (non-hydrogen) atoms. The van der Waals surface area contributed by atoms with Gasteiger partial charge in [0.1, 0.15) is 6.54 Å². The Kier molecular flexibility index (Phi) is 3.71. The van der Waals surface area contributed by atoms with Gasteiger partial charge in [0.15, 0.2) is 0 Å². The first-order chi connectivity index (χ1) is 10.5. The van der Waals surface area contributed by atoms with Gasteiger partial charge in [-0.25, -0.2) is 0 Å². The summed E-state index contributed by atoms with van der Waals surface area (Å²) in [5.74, 6) is 0.0910. The van der Waals surface area contributed by atoms with Crippen LogP contribution in [0.2, 0.25) is 0 Å². The van der Waals surface area contributed by atoms with Crippen molar-refractivity contribution in [2.24, 2.45) is 7.05 Å². The van der Waals surface area contributed by atoms with E-state index in [9.17, 15) is 4.79 Å². The van der Waals surface area contributed by atoms with Gasteiger partial charge in [-0.2, -0.15) is 5.10 Å². The van der Waals surface area contributed by atoms with E-state index in [1.165, 1.54) is 5.39 Å². The molecular formula is C17H20N4O. The van der Waals surface area contributed by atoms with Gasteiger partial charge in [0.25, 0.3) is 0 Å². The van der Waals surface area contributed by atoms with Crippen molar-refractivity contribution in [1.82, 2.24) is 19.2 Å². The van der Waals surface area contributed by atoms with Crippen LogP contribution in [0, 0.1) is 6.92 Å². The summed E-state index contributed by atoms with van der Waals surface area (Å²) in [4.78, 5) is 14.2. The highest BCUT2D eigenvalue weighted by atomic mass is 16.2. The molecule has 0 spiro atoms.